The number of benzene rings is 2. The van der Waals surface area contributed by atoms with E-state index in [-0.39, 0.29) is 17.3 Å². The highest BCUT2D eigenvalue weighted by molar-refractivity contribution is 9.10. The second kappa shape index (κ2) is 9.80. The number of nitrogens with zero attached hydrogens (tertiary/aromatic N) is 1. The van der Waals surface area contributed by atoms with Crippen molar-refractivity contribution in [3.05, 3.63) is 46.4 Å². The van der Waals surface area contributed by atoms with Gasteiger partial charge >= 0.3 is 0 Å². The number of rotatable bonds is 8. The maximum atomic E-state index is 13.1. The van der Waals surface area contributed by atoms with E-state index in [9.17, 15) is 13.2 Å². The molecule has 1 heterocycles. The van der Waals surface area contributed by atoms with Gasteiger partial charge < -0.3 is 15.4 Å². The lowest BCUT2D eigenvalue weighted by Gasteiger charge is -2.19. The number of hydrogen-bond donors (Lipinski definition) is 2. The summed E-state index contributed by atoms with van der Waals surface area (Å²) in [7, 11) is -3.65. The topological polar surface area (TPSA) is 87.7 Å². The van der Waals surface area contributed by atoms with E-state index in [2.05, 4.69) is 26.6 Å². The van der Waals surface area contributed by atoms with E-state index < -0.39 is 10.0 Å². The maximum Gasteiger partial charge on any atom is 0.246 e. The number of amides is 1. The van der Waals surface area contributed by atoms with E-state index in [4.69, 9.17) is 4.74 Å². The Balaban J connectivity index is 1.74. The molecule has 0 spiro atoms. The molecule has 1 aliphatic heterocycles. The van der Waals surface area contributed by atoms with Crippen LogP contribution in [-0.4, -0.2) is 44.9 Å². The minimum absolute atomic E-state index is 0.00663. The zero-order valence-corrected chi connectivity index (χ0v) is 19.5. The molecule has 7 nitrogen and oxygen atoms in total. The summed E-state index contributed by atoms with van der Waals surface area (Å²) in [6.07, 6.45) is 1.72. The van der Waals surface area contributed by atoms with Crippen LogP contribution in [0.4, 0.5) is 11.4 Å². The van der Waals surface area contributed by atoms with Gasteiger partial charge in [0.1, 0.15) is 10.6 Å². The Hall–Kier alpha value is -2.10. The number of ether oxygens (including phenoxy) is 1. The standard InChI is InChI=1S/C21H26BrN3O4S/c1-3-29-19-9-7-17(13-20(19)30(27,28)25-10-4-5-11-25)23-14-21(26)24-18-8-6-16(22)12-15(18)2/h6-9,12-13,23H,3-5,10-11,14H2,1-2H3,(H,24,26). The summed E-state index contributed by atoms with van der Waals surface area (Å²) in [4.78, 5) is 12.5. The predicted molar refractivity (Wildman–Crippen MR) is 122 cm³/mol. The number of nitrogens with one attached hydrogen (secondary N) is 2. The summed E-state index contributed by atoms with van der Waals surface area (Å²) >= 11 is 3.40. The largest absolute Gasteiger partial charge is 0.492 e. The number of sulfonamides is 1. The van der Waals surface area contributed by atoms with E-state index in [0.29, 0.717) is 31.1 Å². The number of carbonyl (C=O) groups is 1. The Morgan fingerprint density at radius 3 is 2.57 bits per heavy atom. The molecule has 2 N–H and O–H groups in total. The van der Waals surface area contributed by atoms with Crippen molar-refractivity contribution in [2.24, 2.45) is 0 Å². The van der Waals surface area contributed by atoms with E-state index in [1.807, 2.05) is 32.0 Å². The van der Waals surface area contributed by atoms with Crippen molar-refractivity contribution in [2.45, 2.75) is 31.6 Å². The van der Waals surface area contributed by atoms with Crippen molar-refractivity contribution in [3.8, 4) is 5.75 Å². The van der Waals surface area contributed by atoms with Gasteiger partial charge in [-0.25, -0.2) is 8.42 Å². The average molecular weight is 496 g/mol. The van der Waals surface area contributed by atoms with Gasteiger partial charge in [0.05, 0.1) is 13.2 Å². The lowest BCUT2D eigenvalue weighted by molar-refractivity contribution is -0.114. The Bertz CT molecular complexity index is 1020. The molecule has 1 amide bonds. The quantitative estimate of drug-likeness (QED) is 0.577. The first kappa shape index (κ1) is 22.6. The van der Waals surface area contributed by atoms with Gasteiger partial charge in [-0.3, -0.25) is 4.79 Å². The third kappa shape index (κ3) is 5.33. The second-order valence-electron chi connectivity index (χ2n) is 7.07. The minimum Gasteiger partial charge on any atom is -0.492 e. The first-order valence-electron chi connectivity index (χ1n) is 9.88. The fourth-order valence-electron chi connectivity index (χ4n) is 3.31. The van der Waals surface area contributed by atoms with Gasteiger partial charge in [-0.2, -0.15) is 4.31 Å². The molecule has 162 valence electrons. The molecule has 0 bridgehead atoms. The zero-order valence-electron chi connectivity index (χ0n) is 17.1. The third-order valence-corrected chi connectivity index (χ3v) is 7.26. The Labute approximate surface area is 186 Å². The molecule has 3 rings (SSSR count). The minimum atomic E-state index is -3.65. The fourth-order valence-corrected chi connectivity index (χ4v) is 5.46. The number of carbonyl (C=O) groups excluding carboxylic acids is 1. The van der Waals surface area contributed by atoms with Gasteiger partial charge in [0.15, 0.2) is 0 Å². The average Bonchev–Trinajstić information content (AvgIpc) is 3.25. The molecule has 9 heteroatoms. The first-order chi connectivity index (χ1) is 14.3. The summed E-state index contributed by atoms with van der Waals surface area (Å²) < 4.78 is 34.1. The molecular weight excluding hydrogens is 470 g/mol. The zero-order chi connectivity index (χ0) is 21.7. The van der Waals surface area contributed by atoms with Crippen molar-refractivity contribution in [2.75, 3.05) is 36.9 Å². The fraction of sp³-hybridized carbons (Fsp3) is 0.381. The SMILES string of the molecule is CCOc1ccc(NCC(=O)Nc2ccc(Br)cc2C)cc1S(=O)(=O)N1CCCC1. The molecular formula is C21H26BrN3O4S. The molecule has 30 heavy (non-hydrogen) atoms. The van der Waals surface area contributed by atoms with Crippen LogP contribution in [0.5, 0.6) is 5.75 Å². The van der Waals surface area contributed by atoms with Gasteiger partial charge in [0, 0.05) is 28.9 Å². The van der Waals surface area contributed by atoms with Gasteiger partial charge in [-0.15, -0.1) is 0 Å². The van der Waals surface area contributed by atoms with E-state index in [1.54, 1.807) is 12.1 Å². The molecule has 1 saturated heterocycles. The number of aryl methyl sites for hydroxylation is 1. The van der Waals surface area contributed by atoms with Crippen LogP contribution >= 0.6 is 15.9 Å². The lowest BCUT2D eigenvalue weighted by atomic mass is 10.2. The molecule has 0 radical (unpaired) electrons. The van der Waals surface area contributed by atoms with Crippen molar-refractivity contribution in [3.63, 3.8) is 0 Å². The smallest absolute Gasteiger partial charge is 0.246 e. The van der Waals surface area contributed by atoms with Gasteiger partial charge in [0.25, 0.3) is 0 Å². The van der Waals surface area contributed by atoms with Crippen LogP contribution < -0.4 is 15.4 Å². The van der Waals surface area contributed by atoms with Crippen LogP contribution in [0.2, 0.25) is 0 Å². The molecule has 0 aliphatic carbocycles. The summed E-state index contributed by atoms with van der Waals surface area (Å²) in [5.41, 5.74) is 2.21. The summed E-state index contributed by atoms with van der Waals surface area (Å²) in [6, 6.07) is 10.5. The Morgan fingerprint density at radius 1 is 1.17 bits per heavy atom. The van der Waals surface area contributed by atoms with Crippen LogP contribution in [0.25, 0.3) is 0 Å². The molecule has 0 atom stereocenters. The van der Waals surface area contributed by atoms with Crippen LogP contribution in [0.3, 0.4) is 0 Å². The summed E-state index contributed by atoms with van der Waals surface area (Å²) in [5.74, 6) is 0.100. The summed E-state index contributed by atoms with van der Waals surface area (Å²) in [5, 5.41) is 5.86. The Morgan fingerprint density at radius 2 is 1.90 bits per heavy atom. The van der Waals surface area contributed by atoms with E-state index >= 15 is 0 Å². The predicted octanol–water partition coefficient (Wildman–Crippen LogP) is 3.99. The van der Waals surface area contributed by atoms with Crippen LogP contribution in [-0.2, 0) is 14.8 Å². The highest BCUT2D eigenvalue weighted by atomic mass is 79.9. The third-order valence-electron chi connectivity index (χ3n) is 4.84. The van der Waals surface area contributed by atoms with Gasteiger partial charge in [-0.1, -0.05) is 15.9 Å². The van der Waals surface area contributed by atoms with Gasteiger partial charge in [-0.05, 0) is 68.7 Å². The van der Waals surface area contributed by atoms with E-state index in [0.717, 1.165) is 28.6 Å². The van der Waals surface area contributed by atoms with Crippen molar-refractivity contribution in [1.82, 2.24) is 4.31 Å². The van der Waals surface area contributed by atoms with Crippen LogP contribution in [0.15, 0.2) is 45.8 Å². The maximum absolute atomic E-state index is 13.1. The highest BCUT2D eigenvalue weighted by Crippen LogP contribution is 2.31. The van der Waals surface area contributed by atoms with Gasteiger partial charge in [0.2, 0.25) is 15.9 Å². The highest BCUT2D eigenvalue weighted by Gasteiger charge is 2.30. The van der Waals surface area contributed by atoms with Crippen molar-refractivity contribution in [1.29, 1.82) is 0 Å². The van der Waals surface area contributed by atoms with Crippen molar-refractivity contribution < 1.29 is 17.9 Å². The normalized spacial score (nSPS) is 14.5. The summed E-state index contributed by atoms with van der Waals surface area (Å²) in [6.45, 7) is 5.13. The molecule has 2 aromatic carbocycles. The number of hydrogen-bond acceptors (Lipinski definition) is 5. The molecule has 0 aromatic heterocycles. The number of halogens is 1. The van der Waals surface area contributed by atoms with Crippen LogP contribution in [0.1, 0.15) is 25.3 Å². The monoisotopic (exact) mass is 495 g/mol. The second-order valence-corrected chi connectivity index (χ2v) is 9.89. The molecule has 0 unspecified atom stereocenters. The van der Waals surface area contributed by atoms with Crippen molar-refractivity contribution >= 4 is 43.2 Å². The first-order valence-corrected chi connectivity index (χ1v) is 12.1. The molecule has 2 aromatic rings. The van der Waals surface area contributed by atoms with Crippen LogP contribution in [0, 0.1) is 6.92 Å². The van der Waals surface area contributed by atoms with E-state index in [1.165, 1.54) is 10.4 Å². The number of anilines is 2. The lowest BCUT2D eigenvalue weighted by Crippen LogP contribution is -2.28. The Kier molecular flexibility index (Phi) is 7.38. The molecule has 0 saturated carbocycles. The molecule has 1 fully saturated rings. The molecule has 1 aliphatic rings.